The fourth-order valence-electron chi connectivity index (χ4n) is 4.31. The second-order valence-corrected chi connectivity index (χ2v) is 9.65. The van der Waals surface area contributed by atoms with Crippen LogP contribution in [0, 0.1) is 24.2 Å². The average Bonchev–Trinajstić information content (AvgIpc) is 2.76. The standard InChI is InChI=1S/C27H33ClO6/c1-15(12-13-27(7)16(2)9-11-23(32)18(27)4)8-10-21-25(33-19(5)30)22(14-29)17(3)24(28)26(21)34-20(6)31/h8,12-14,16,18H,9-11H2,1-7H3. The summed E-state index contributed by atoms with van der Waals surface area (Å²) in [4.78, 5) is 47.6. The monoisotopic (exact) mass is 488 g/mol. The van der Waals surface area contributed by atoms with Gasteiger partial charge in [-0.2, -0.15) is 0 Å². The van der Waals surface area contributed by atoms with Gasteiger partial charge in [0.15, 0.2) is 12.0 Å². The highest BCUT2D eigenvalue weighted by Gasteiger charge is 2.41. The van der Waals surface area contributed by atoms with E-state index in [0.29, 0.717) is 29.8 Å². The third kappa shape index (κ3) is 5.84. The number of benzene rings is 1. The van der Waals surface area contributed by atoms with Gasteiger partial charge < -0.3 is 9.47 Å². The topological polar surface area (TPSA) is 86.7 Å². The van der Waals surface area contributed by atoms with Crippen molar-refractivity contribution >= 4 is 35.6 Å². The van der Waals surface area contributed by atoms with E-state index in [0.717, 1.165) is 12.0 Å². The molecule has 1 aliphatic carbocycles. The summed E-state index contributed by atoms with van der Waals surface area (Å²) in [5.74, 6) is -0.542. The first kappa shape index (κ1) is 27.5. The summed E-state index contributed by atoms with van der Waals surface area (Å²) < 4.78 is 10.7. The minimum atomic E-state index is -0.613. The van der Waals surface area contributed by atoms with Crippen molar-refractivity contribution in [1.82, 2.24) is 0 Å². The Bertz CT molecular complexity index is 1070. The fourth-order valence-corrected chi connectivity index (χ4v) is 4.56. The van der Waals surface area contributed by atoms with Gasteiger partial charge in [-0.3, -0.25) is 19.2 Å². The number of ketones is 1. The van der Waals surface area contributed by atoms with Crippen LogP contribution in [0.4, 0.5) is 0 Å². The van der Waals surface area contributed by atoms with Crippen LogP contribution in [0.25, 0.3) is 0 Å². The predicted octanol–water partition coefficient (Wildman–Crippen LogP) is 6.00. The molecule has 1 aromatic carbocycles. The van der Waals surface area contributed by atoms with E-state index in [9.17, 15) is 19.2 Å². The Hall–Kier alpha value is -2.73. The average molecular weight is 489 g/mol. The van der Waals surface area contributed by atoms with Crippen molar-refractivity contribution in [2.24, 2.45) is 17.3 Å². The van der Waals surface area contributed by atoms with E-state index in [-0.39, 0.29) is 45.6 Å². The van der Waals surface area contributed by atoms with Crippen molar-refractivity contribution in [2.75, 3.05) is 0 Å². The van der Waals surface area contributed by atoms with Crippen LogP contribution in [-0.4, -0.2) is 24.0 Å². The van der Waals surface area contributed by atoms with Crippen LogP contribution in [0.1, 0.15) is 75.9 Å². The highest BCUT2D eigenvalue weighted by atomic mass is 35.5. The minimum absolute atomic E-state index is 0.0285. The maximum Gasteiger partial charge on any atom is 0.308 e. The Kier molecular flexibility index (Phi) is 9.01. The van der Waals surface area contributed by atoms with Crippen LogP contribution in [0.15, 0.2) is 23.8 Å². The van der Waals surface area contributed by atoms with Crippen LogP contribution < -0.4 is 9.47 Å². The summed E-state index contributed by atoms with van der Waals surface area (Å²) in [6, 6.07) is 0. The molecule has 7 heteroatoms. The van der Waals surface area contributed by atoms with Gasteiger partial charge in [-0.15, -0.1) is 0 Å². The number of allylic oxidation sites excluding steroid dienone is 4. The second-order valence-electron chi connectivity index (χ2n) is 9.27. The van der Waals surface area contributed by atoms with Gasteiger partial charge in [0.25, 0.3) is 0 Å². The first-order chi connectivity index (χ1) is 15.8. The quantitative estimate of drug-likeness (QED) is 0.202. The van der Waals surface area contributed by atoms with Crippen molar-refractivity contribution in [3.05, 3.63) is 45.5 Å². The Morgan fingerprint density at radius 3 is 2.26 bits per heavy atom. The van der Waals surface area contributed by atoms with Gasteiger partial charge >= 0.3 is 11.9 Å². The largest absolute Gasteiger partial charge is 0.425 e. The number of aldehydes is 1. The van der Waals surface area contributed by atoms with Crippen LogP contribution in [0.3, 0.4) is 0 Å². The molecule has 0 aliphatic heterocycles. The smallest absolute Gasteiger partial charge is 0.308 e. The summed E-state index contributed by atoms with van der Waals surface area (Å²) in [5.41, 5.74) is 1.45. The highest BCUT2D eigenvalue weighted by Crippen LogP contribution is 2.45. The van der Waals surface area contributed by atoms with E-state index >= 15 is 0 Å². The number of hydrogen-bond acceptors (Lipinski definition) is 6. The number of rotatable bonds is 7. The van der Waals surface area contributed by atoms with E-state index < -0.39 is 11.9 Å². The summed E-state index contributed by atoms with van der Waals surface area (Å²) in [6.07, 6.45) is 8.18. The molecule has 0 amide bonds. The van der Waals surface area contributed by atoms with Gasteiger partial charge in [-0.05, 0) is 43.6 Å². The summed E-state index contributed by atoms with van der Waals surface area (Å²) in [5, 5.41) is 0.112. The summed E-state index contributed by atoms with van der Waals surface area (Å²) >= 11 is 6.43. The van der Waals surface area contributed by atoms with E-state index in [1.807, 2.05) is 26.0 Å². The SMILES string of the molecule is CC(=O)Oc1c(Cl)c(C)c(C=O)c(OC(C)=O)c1CC=C(C)C=CC1(C)C(C)CCC(=O)C1C. The Morgan fingerprint density at radius 2 is 1.71 bits per heavy atom. The first-order valence-corrected chi connectivity index (χ1v) is 11.8. The third-order valence-corrected chi connectivity index (χ3v) is 7.43. The summed E-state index contributed by atoms with van der Waals surface area (Å²) in [6.45, 7) is 12.2. The predicted molar refractivity (Wildman–Crippen MR) is 131 cm³/mol. The van der Waals surface area contributed by atoms with Crippen LogP contribution in [0.5, 0.6) is 11.5 Å². The molecule has 1 saturated carbocycles. The van der Waals surface area contributed by atoms with E-state index in [1.54, 1.807) is 6.92 Å². The van der Waals surface area contributed by atoms with Gasteiger partial charge in [0, 0.05) is 31.7 Å². The highest BCUT2D eigenvalue weighted by molar-refractivity contribution is 6.33. The number of carbonyl (C=O) groups is 4. The van der Waals surface area contributed by atoms with E-state index in [2.05, 4.69) is 19.9 Å². The molecule has 0 radical (unpaired) electrons. The van der Waals surface area contributed by atoms with Crippen LogP contribution >= 0.6 is 11.6 Å². The molecule has 1 aliphatic rings. The minimum Gasteiger partial charge on any atom is -0.425 e. The number of esters is 2. The number of halogens is 1. The number of hydrogen-bond donors (Lipinski definition) is 0. The Labute approximate surface area is 206 Å². The molecule has 184 valence electrons. The zero-order valence-electron chi connectivity index (χ0n) is 20.9. The van der Waals surface area contributed by atoms with Gasteiger partial charge in [0.2, 0.25) is 0 Å². The van der Waals surface area contributed by atoms with Gasteiger partial charge in [0.05, 0.1) is 10.6 Å². The van der Waals surface area contributed by atoms with Crippen LogP contribution in [-0.2, 0) is 20.8 Å². The zero-order chi connectivity index (χ0) is 25.8. The van der Waals surface area contributed by atoms with Gasteiger partial charge in [-0.1, -0.05) is 56.2 Å². The lowest BCUT2D eigenvalue weighted by atomic mass is 9.61. The second kappa shape index (κ2) is 11.1. The molecule has 0 bridgehead atoms. The molecule has 0 aromatic heterocycles. The molecule has 1 fully saturated rings. The first-order valence-electron chi connectivity index (χ1n) is 11.4. The molecule has 0 spiro atoms. The van der Waals surface area contributed by atoms with Crippen molar-refractivity contribution in [3.63, 3.8) is 0 Å². The molecule has 3 unspecified atom stereocenters. The number of Topliss-reactive ketones (excluding diaryl/α,β-unsaturated/α-hetero) is 1. The molecule has 0 heterocycles. The maximum atomic E-state index is 12.3. The third-order valence-electron chi connectivity index (χ3n) is 6.97. The summed E-state index contributed by atoms with van der Waals surface area (Å²) in [7, 11) is 0. The van der Waals surface area contributed by atoms with Crippen molar-refractivity contribution in [3.8, 4) is 11.5 Å². The molecule has 3 atom stereocenters. The Balaban J connectivity index is 2.51. The van der Waals surface area contributed by atoms with Crippen LogP contribution in [0.2, 0.25) is 5.02 Å². The molecule has 0 saturated heterocycles. The molecule has 34 heavy (non-hydrogen) atoms. The Morgan fingerprint density at radius 1 is 1.12 bits per heavy atom. The number of ether oxygens (including phenoxy) is 2. The van der Waals surface area contributed by atoms with E-state index in [4.69, 9.17) is 21.1 Å². The zero-order valence-corrected chi connectivity index (χ0v) is 21.7. The maximum absolute atomic E-state index is 12.3. The molecular weight excluding hydrogens is 456 g/mol. The van der Waals surface area contributed by atoms with E-state index in [1.165, 1.54) is 13.8 Å². The van der Waals surface area contributed by atoms with Gasteiger partial charge in [-0.25, -0.2) is 0 Å². The van der Waals surface area contributed by atoms with Crippen molar-refractivity contribution in [1.29, 1.82) is 0 Å². The lowest BCUT2D eigenvalue weighted by Gasteiger charge is -2.42. The molecule has 0 N–H and O–H groups in total. The van der Waals surface area contributed by atoms with Gasteiger partial charge in [0.1, 0.15) is 11.5 Å². The lowest BCUT2D eigenvalue weighted by Crippen LogP contribution is -2.40. The van der Waals surface area contributed by atoms with Crippen molar-refractivity contribution in [2.45, 2.75) is 67.7 Å². The molecular formula is C27H33ClO6. The van der Waals surface area contributed by atoms with Crippen molar-refractivity contribution < 1.29 is 28.7 Å². The molecule has 1 aromatic rings. The number of carbonyl (C=O) groups excluding carboxylic acids is 4. The molecule has 2 rings (SSSR count). The molecule has 6 nitrogen and oxygen atoms in total. The normalized spacial score (nSPS) is 23.2. The fraction of sp³-hybridized carbons (Fsp3) is 0.481. The lowest BCUT2D eigenvalue weighted by molar-refractivity contribution is -0.132.